The summed E-state index contributed by atoms with van der Waals surface area (Å²) in [5.41, 5.74) is 5.39. The van der Waals surface area contributed by atoms with Crippen LogP contribution >= 0.6 is 24.0 Å². The predicted molar refractivity (Wildman–Crippen MR) is 83.1 cm³/mol. The molecular weight excluding hydrogens is 383 g/mol. The van der Waals surface area contributed by atoms with E-state index in [0.717, 1.165) is 18.2 Å². The smallest absolute Gasteiger partial charge is 0.310 e. The van der Waals surface area contributed by atoms with Crippen LogP contribution in [0.1, 0.15) is 6.92 Å². The fourth-order valence-corrected chi connectivity index (χ4v) is 1.28. The van der Waals surface area contributed by atoms with Gasteiger partial charge in [-0.25, -0.2) is 8.78 Å². The van der Waals surface area contributed by atoms with Crippen molar-refractivity contribution in [2.45, 2.75) is 6.92 Å². The van der Waals surface area contributed by atoms with E-state index in [1.165, 1.54) is 7.11 Å². The summed E-state index contributed by atoms with van der Waals surface area (Å²) >= 11 is 0. The molecule has 1 aromatic carbocycles. The summed E-state index contributed by atoms with van der Waals surface area (Å²) in [7, 11) is 1.27. The van der Waals surface area contributed by atoms with Crippen molar-refractivity contribution in [2.75, 3.05) is 19.0 Å². The summed E-state index contributed by atoms with van der Waals surface area (Å²) in [4.78, 5) is 15.0. The maximum absolute atomic E-state index is 13.3. The van der Waals surface area contributed by atoms with Gasteiger partial charge in [0, 0.05) is 6.07 Å². The van der Waals surface area contributed by atoms with Crippen LogP contribution in [0.3, 0.4) is 0 Å². The lowest BCUT2D eigenvalue weighted by Gasteiger charge is -2.09. The molecule has 0 aliphatic rings. The normalized spacial score (nSPS) is 12.3. The molecule has 0 aromatic heterocycles. The molecule has 8 heteroatoms. The number of hydrogen-bond acceptors (Lipinski definition) is 3. The molecule has 0 aliphatic carbocycles. The molecule has 0 saturated heterocycles. The maximum atomic E-state index is 13.3. The van der Waals surface area contributed by atoms with E-state index >= 15 is 0 Å². The number of benzene rings is 1. The highest BCUT2D eigenvalue weighted by atomic mass is 127. The Morgan fingerprint density at radius 3 is 2.75 bits per heavy atom. The van der Waals surface area contributed by atoms with Crippen LogP contribution in [0, 0.1) is 17.6 Å². The second kappa shape index (κ2) is 8.67. The number of aliphatic imine (C=N–C) groups is 1. The number of carbonyl (C=O) groups excluding carboxylic acids is 1. The number of guanidine groups is 1. The highest BCUT2D eigenvalue weighted by molar-refractivity contribution is 14.0. The molecule has 3 N–H and O–H groups in total. The minimum Gasteiger partial charge on any atom is -0.469 e. The Morgan fingerprint density at radius 1 is 1.50 bits per heavy atom. The van der Waals surface area contributed by atoms with E-state index in [1.807, 2.05) is 0 Å². The van der Waals surface area contributed by atoms with Crippen molar-refractivity contribution in [1.82, 2.24) is 0 Å². The number of carbonyl (C=O) groups is 1. The molecule has 20 heavy (non-hydrogen) atoms. The average molecular weight is 399 g/mol. The Kier molecular flexibility index (Phi) is 8.04. The Morgan fingerprint density at radius 2 is 2.15 bits per heavy atom. The molecule has 1 unspecified atom stereocenters. The van der Waals surface area contributed by atoms with E-state index in [0.29, 0.717) is 0 Å². The molecule has 0 bridgehead atoms. The van der Waals surface area contributed by atoms with Crippen molar-refractivity contribution < 1.29 is 18.3 Å². The Hall–Kier alpha value is -1.45. The van der Waals surface area contributed by atoms with Crippen LogP contribution < -0.4 is 11.1 Å². The first-order valence-electron chi connectivity index (χ1n) is 5.54. The number of nitrogens with zero attached hydrogens (tertiary/aromatic N) is 1. The number of ether oxygens (including phenoxy) is 1. The largest absolute Gasteiger partial charge is 0.469 e. The molecule has 1 atom stereocenters. The lowest BCUT2D eigenvalue weighted by molar-refractivity contribution is -0.144. The highest BCUT2D eigenvalue weighted by Crippen LogP contribution is 2.14. The average Bonchev–Trinajstić information content (AvgIpc) is 2.39. The molecule has 0 amide bonds. The van der Waals surface area contributed by atoms with Gasteiger partial charge in [0.1, 0.15) is 11.6 Å². The lowest BCUT2D eigenvalue weighted by Crippen LogP contribution is -2.25. The molecule has 0 radical (unpaired) electrons. The Labute approximate surface area is 132 Å². The minimum atomic E-state index is -0.652. The third-order valence-electron chi connectivity index (χ3n) is 2.33. The highest BCUT2D eigenvalue weighted by Gasteiger charge is 2.12. The van der Waals surface area contributed by atoms with E-state index < -0.39 is 23.5 Å². The molecule has 0 fully saturated rings. The van der Waals surface area contributed by atoms with Gasteiger partial charge in [0.25, 0.3) is 0 Å². The summed E-state index contributed by atoms with van der Waals surface area (Å²) < 4.78 is 30.7. The quantitative estimate of drug-likeness (QED) is 0.352. The van der Waals surface area contributed by atoms with Crippen LogP contribution in [-0.4, -0.2) is 25.6 Å². The van der Waals surface area contributed by atoms with Crippen LogP contribution in [-0.2, 0) is 9.53 Å². The zero-order valence-corrected chi connectivity index (χ0v) is 13.4. The molecule has 0 saturated carbocycles. The van der Waals surface area contributed by atoms with Crippen molar-refractivity contribution in [3.05, 3.63) is 29.8 Å². The number of anilines is 1. The number of halogens is 3. The number of nitrogens with two attached hydrogens (primary N) is 1. The first-order valence-corrected chi connectivity index (χ1v) is 5.54. The molecule has 1 aromatic rings. The van der Waals surface area contributed by atoms with Gasteiger partial charge in [-0.1, -0.05) is 6.92 Å². The second-order valence-electron chi connectivity index (χ2n) is 3.90. The minimum absolute atomic E-state index is 0. The number of methoxy groups -OCH3 is 1. The van der Waals surface area contributed by atoms with Crippen LogP contribution in [0.15, 0.2) is 23.2 Å². The standard InChI is InChI=1S/C12H15F2N3O2.HI/c1-7(11(18)19-2)6-16-12(15)17-10-5-8(13)3-4-9(10)14;/h3-5,7H,6H2,1-2H3,(H3,15,16,17);1H. The van der Waals surface area contributed by atoms with Gasteiger partial charge in [-0.3, -0.25) is 9.79 Å². The van der Waals surface area contributed by atoms with Gasteiger partial charge in [-0.05, 0) is 12.1 Å². The summed E-state index contributed by atoms with van der Waals surface area (Å²) in [6, 6.07) is 2.93. The number of nitrogens with one attached hydrogen (secondary N) is 1. The second-order valence-corrected chi connectivity index (χ2v) is 3.90. The zero-order chi connectivity index (χ0) is 14.4. The van der Waals surface area contributed by atoms with Crippen molar-refractivity contribution >= 4 is 41.6 Å². The van der Waals surface area contributed by atoms with Crippen LogP contribution in [0.25, 0.3) is 0 Å². The van der Waals surface area contributed by atoms with Crippen molar-refractivity contribution in [3.63, 3.8) is 0 Å². The summed E-state index contributed by atoms with van der Waals surface area (Å²) in [5.74, 6) is -2.25. The zero-order valence-electron chi connectivity index (χ0n) is 11.0. The fraction of sp³-hybridized carbons (Fsp3) is 0.333. The Balaban J connectivity index is 0.00000361. The molecular formula is C12H16F2IN3O2. The fourth-order valence-electron chi connectivity index (χ4n) is 1.28. The summed E-state index contributed by atoms with van der Waals surface area (Å²) in [5, 5.41) is 2.42. The first-order chi connectivity index (χ1) is 8.93. The van der Waals surface area contributed by atoms with E-state index in [1.54, 1.807) is 6.92 Å². The molecule has 0 heterocycles. The maximum Gasteiger partial charge on any atom is 0.310 e. The van der Waals surface area contributed by atoms with Crippen molar-refractivity contribution in [2.24, 2.45) is 16.6 Å². The van der Waals surface area contributed by atoms with E-state index in [2.05, 4.69) is 15.0 Å². The summed E-state index contributed by atoms with van der Waals surface area (Å²) in [6.07, 6.45) is 0. The molecule has 5 nitrogen and oxygen atoms in total. The van der Waals surface area contributed by atoms with Crippen molar-refractivity contribution in [3.8, 4) is 0 Å². The predicted octanol–water partition coefficient (Wildman–Crippen LogP) is 2.12. The van der Waals surface area contributed by atoms with Crippen LogP contribution in [0.4, 0.5) is 14.5 Å². The van der Waals surface area contributed by atoms with E-state index in [-0.39, 0.29) is 42.2 Å². The number of rotatable bonds is 4. The van der Waals surface area contributed by atoms with Gasteiger partial charge in [0.05, 0.1) is 25.3 Å². The lowest BCUT2D eigenvalue weighted by atomic mass is 10.2. The Bertz CT molecular complexity index is 498. The third-order valence-corrected chi connectivity index (χ3v) is 2.33. The van der Waals surface area contributed by atoms with Gasteiger partial charge < -0.3 is 15.8 Å². The first kappa shape index (κ1) is 18.6. The van der Waals surface area contributed by atoms with Gasteiger partial charge in [-0.2, -0.15) is 0 Å². The third kappa shape index (κ3) is 5.68. The SMILES string of the molecule is COC(=O)C(C)CN=C(N)Nc1cc(F)ccc1F.I. The summed E-state index contributed by atoms with van der Waals surface area (Å²) in [6.45, 7) is 1.70. The molecule has 1 rings (SSSR count). The monoisotopic (exact) mass is 399 g/mol. The van der Waals surface area contributed by atoms with E-state index in [4.69, 9.17) is 5.73 Å². The number of esters is 1. The van der Waals surface area contributed by atoms with Gasteiger partial charge in [0.15, 0.2) is 5.96 Å². The molecule has 112 valence electrons. The molecule has 0 spiro atoms. The van der Waals surface area contributed by atoms with Gasteiger partial charge in [-0.15, -0.1) is 24.0 Å². The number of hydrogen-bond donors (Lipinski definition) is 2. The van der Waals surface area contributed by atoms with Gasteiger partial charge >= 0.3 is 5.97 Å². The van der Waals surface area contributed by atoms with E-state index in [9.17, 15) is 13.6 Å². The van der Waals surface area contributed by atoms with Crippen molar-refractivity contribution in [1.29, 1.82) is 0 Å². The van der Waals surface area contributed by atoms with Crippen LogP contribution in [0.2, 0.25) is 0 Å². The molecule has 0 aliphatic heterocycles. The van der Waals surface area contributed by atoms with Gasteiger partial charge in [0.2, 0.25) is 0 Å². The topological polar surface area (TPSA) is 76.7 Å². The van der Waals surface area contributed by atoms with Crippen LogP contribution in [0.5, 0.6) is 0 Å².